The number of nitrogens with zero attached hydrogens (tertiary/aromatic N) is 1. The molecule has 0 atom stereocenters. The van der Waals surface area contributed by atoms with Crippen LogP contribution < -0.4 is 10.5 Å². The van der Waals surface area contributed by atoms with Gasteiger partial charge in [-0.3, -0.25) is 0 Å². The molecule has 0 saturated heterocycles. The topological polar surface area (TPSA) is 67.8 Å². The molecule has 0 heterocycles. The van der Waals surface area contributed by atoms with Crippen LogP contribution >= 0.6 is 15.9 Å². The number of rotatable bonds is 3. The third-order valence-corrected chi connectivity index (χ3v) is 3.04. The number of nitrogens with two attached hydrogens (primary N) is 1. The minimum atomic E-state index is 0.00940. The van der Waals surface area contributed by atoms with E-state index < -0.39 is 0 Å². The van der Waals surface area contributed by atoms with Gasteiger partial charge in [0.1, 0.15) is 11.5 Å². The monoisotopic (exact) mass is 320 g/mol. The lowest BCUT2D eigenvalue weighted by atomic mass is 10.2. The SMILES string of the molecule is Cc1cccc(Oc2cc(Br)ccc2/C(N)=N/O)c1. The van der Waals surface area contributed by atoms with Gasteiger partial charge in [0.05, 0.1) is 5.56 Å². The van der Waals surface area contributed by atoms with E-state index in [2.05, 4.69) is 21.1 Å². The maximum Gasteiger partial charge on any atom is 0.173 e. The Morgan fingerprint density at radius 1 is 1.26 bits per heavy atom. The smallest absolute Gasteiger partial charge is 0.173 e. The molecule has 3 N–H and O–H groups in total. The van der Waals surface area contributed by atoms with Gasteiger partial charge in [-0.15, -0.1) is 0 Å². The van der Waals surface area contributed by atoms with Crippen molar-refractivity contribution < 1.29 is 9.94 Å². The second kappa shape index (κ2) is 5.75. The summed E-state index contributed by atoms with van der Waals surface area (Å²) in [5, 5.41) is 11.8. The van der Waals surface area contributed by atoms with E-state index in [1.165, 1.54) is 0 Å². The third kappa shape index (κ3) is 3.26. The van der Waals surface area contributed by atoms with Crippen molar-refractivity contribution in [1.29, 1.82) is 0 Å². The Morgan fingerprint density at radius 3 is 2.74 bits per heavy atom. The molecule has 0 aliphatic rings. The fourth-order valence-electron chi connectivity index (χ4n) is 1.65. The maximum atomic E-state index is 8.79. The highest BCUT2D eigenvalue weighted by Crippen LogP contribution is 2.29. The van der Waals surface area contributed by atoms with E-state index in [-0.39, 0.29) is 5.84 Å². The number of hydrogen-bond acceptors (Lipinski definition) is 3. The molecule has 0 fully saturated rings. The summed E-state index contributed by atoms with van der Waals surface area (Å²) >= 11 is 3.37. The van der Waals surface area contributed by atoms with Crippen molar-refractivity contribution in [2.75, 3.05) is 0 Å². The van der Waals surface area contributed by atoms with Gasteiger partial charge in [0.25, 0.3) is 0 Å². The average Bonchev–Trinajstić information content (AvgIpc) is 2.38. The maximum absolute atomic E-state index is 8.79. The molecule has 0 unspecified atom stereocenters. The molecule has 19 heavy (non-hydrogen) atoms. The van der Waals surface area contributed by atoms with Crippen LogP contribution in [0, 0.1) is 6.92 Å². The average molecular weight is 321 g/mol. The molecule has 0 radical (unpaired) electrons. The summed E-state index contributed by atoms with van der Waals surface area (Å²) in [5.41, 5.74) is 7.26. The van der Waals surface area contributed by atoms with Crippen LogP contribution in [0.5, 0.6) is 11.5 Å². The van der Waals surface area contributed by atoms with E-state index in [0.717, 1.165) is 10.0 Å². The first kappa shape index (κ1) is 13.4. The van der Waals surface area contributed by atoms with Crippen molar-refractivity contribution in [3.8, 4) is 11.5 Å². The third-order valence-electron chi connectivity index (χ3n) is 2.54. The van der Waals surface area contributed by atoms with Gasteiger partial charge in [-0.1, -0.05) is 33.2 Å². The van der Waals surface area contributed by atoms with Crippen LogP contribution in [0.2, 0.25) is 0 Å². The van der Waals surface area contributed by atoms with Crippen LogP contribution in [0.3, 0.4) is 0 Å². The number of aryl methyl sites for hydroxylation is 1. The highest BCUT2D eigenvalue weighted by molar-refractivity contribution is 9.10. The lowest BCUT2D eigenvalue weighted by Gasteiger charge is -2.11. The summed E-state index contributed by atoms with van der Waals surface area (Å²) in [4.78, 5) is 0. The molecule has 0 bridgehead atoms. The van der Waals surface area contributed by atoms with E-state index in [9.17, 15) is 0 Å². The summed E-state index contributed by atoms with van der Waals surface area (Å²) in [6, 6.07) is 13.0. The number of benzene rings is 2. The summed E-state index contributed by atoms with van der Waals surface area (Å²) in [6.45, 7) is 1.98. The number of oxime groups is 1. The molecule has 0 spiro atoms. The number of amidine groups is 1. The molecule has 0 aromatic heterocycles. The zero-order valence-corrected chi connectivity index (χ0v) is 11.9. The van der Waals surface area contributed by atoms with Gasteiger partial charge in [0, 0.05) is 4.47 Å². The van der Waals surface area contributed by atoms with Crippen molar-refractivity contribution in [2.45, 2.75) is 6.92 Å². The molecule has 0 aliphatic carbocycles. The molecular formula is C14H13BrN2O2. The number of hydrogen-bond donors (Lipinski definition) is 2. The van der Waals surface area contributed by atoms with E-state index >= 15 is 0 Å². The Kier molecular flexibility index (Phi) is 4.06. The molecular weight excluding hydrogens is 308 g/mol. The van der Waals surface area contributed by atoms with E-state index in [1.54, 1.807) is 18.2 Å². The Bertz CT molecular complexity index is 627. The molecule has 2 rings (SSSR count). The van der Waals surface area contributed by atoms with Gasteiger partial charge < -0.3 is 15.7 Å². The van der Waals surface area contributed by atoms with Crippen molar-refractivity contribution >= 4 is 21.8 Å². The predicted octanol–water partition coefficient (Wildman–Crippen LogP) is 3.64. The standard InChI is InChI=1S/C14H13BrN2O2/c1-9-3-2-4-11(7-9)19-13-8-10(15)5-6-12(13)14(16)17-18/h2-8,18H,1H3,(H2,16,17). The summed E-state index contributed by atoms with van der Waals surface area (Å²) in [6.07, 6.45) is 0. The fraction of sp³-hybridized carbons (Fsp3) is 0.0714. The summed E-state index contributed by atoms with van der Waals surface area (Å²) in [5.74, 6) is 1.23. The normalized spacial score (nSPS) is 11.4. The molecule has 2 aromatic rings. The van der Waals surface area contributed by atoms with Gasteiger partial charge in [-0.05, 0) is 42.8 Å². The van der Waals surface area contributed by atoms with Crippen molar-refractivity contribution in [1.82, 2.24) is 0 Å². The quantitative estimate of drug-likeness (QED) is 0.392. The number of ether oxygens (including phenoxy) is 1. The van der Waals surface area contributed by atoms with E-state index in [4.69, 9.17) is 15.7 Å². The molecule has 5 heteroatoms. The Morgan fingerprint density at radius 2 is 2.05 bits per heavy atom. The van der Waals surface area contributed by atoms with Crippen LogP contribution in [0.25, 0.3) is 0 Å². The molecule has 0 saturated carbocycles. The second-order valence-corrected chi connectivity index (χ2v) is 4.96. The van der Waals surface area contributed by atoms with Gasteiger partial charge in [-0.25, -0.2) is 0 Å². The Hall–Kier alpha value is -2.01. The van der Waals surface area contributed by atoms with Crippen LogP contribution in [0.4, 0.5) is 0 Å². The first-order valence-corrected chi connectivity index (χ1v) is 6.41. The fourth-order valence-corrected chi connectivity index (χ4v) is 1.99. The zero-order valence-electron chi connectivity index (χ0n) is 10.3. The van der Waals surface area contributed by atoms with E-state index in [1.807, 2.05) is 31.2 Å². The largest absolute Gasteiger partial charge is 0.457 e. The predicted molar refractivity (Wildman–Crippen MR) is 77.9 cm³/mol. The highest BCUT2D eigenvalue weighted by Gasteiger charge is 2.10. The van der Waals surface area contributed by atoms with Gasteiger partial charge >= 0.3 is 0 Å². The number of halogens is 1. The van der Waals surface area contributed by atoms with Crippen LogP contribution in [-0.2, 0) is 0 Å². The van der Waals surface area contributed by atoms with Gasteiger partial charge in [0.2, 0.25) is 0 Å². The molecule has 0 amide bonds. The zero-order chi connectivity index (χ0) is 13.8. The molecule has 4 nitrogen and oxygen atoms in total. The minimum absolute atomic E-state index is 0.00940. The first-order valence-electron chi connectivity index (χ1n) is 5.62. The van der Waals surface area contributed by atoms with Crippen LogP contribution in [0.15, 0.2) is 52.1 Å². The summed E-state index contributed by atoms with van der Waals surface area (Å²) in [7, 11) is 0. The Balaban J connectivity index is 2.41. The molecule has 0 aliphatic heterocycles. The second-order valence-electron chi connectivity index (χ2n) is 4.04. The minimum Gasteiger partial charge on any atom is -0.457 e. The lowest BCUT2D eigenvalue weighted by molar-refractivity contribution is 0.318. The summed E-state index contributed by atoms with van der Waals surface area (Å²) < 4.78 is 6.64. The van der Waals surface area contributed by atoms with Gasteiger partial charge in [0.15, 0.2) is 5.84 Å². The van der Waals surface area contributed by atoms with Crippen molar-refractivity contribution in [2.24, 2.45) is 10.9 Å². The first-order chi connectivity index (χ1) is 9.10. The van der Waals surface area contributed by atoms with Crippen LogP contribution in [0.1, 0.15) is 11.1 Å². The molecule has 98 valence electrons. The van der Waals surface area contributed by atoms with E-state index in [0.29, 0.717) is 17.1 Å². The lowest BCUT2D eigenvalue weighted by Crippen LogP contribution is -2.14. The molecule has 2 aromatic carbocycles. The van der Waals surface area contributed by atoms with Crippen LogP contribution in [-0.4, -0.2) is 11.0 Å². The Labute approximate surface area is 119 Å². The highest BCUT2D eigenvalue weighted by atomic mass is 79.9. The van der Waals surface area contributed by atoms with Gasteiger partial charge in [-0.2, -0.15) is 0 Å². The van der Waals surface area contributed by atoms with Crippen molar-refractivity contribution in [3.63, 3.8) is 0 Å². The van der Waals surface area contributed by atoms with Crippen molar-refractivity contribution in [3.05, 3.63) is 58.1 Å².